The maximum atomic E-state index is 12.5. The number of anilines is 1. The quantitative estimate of drug-likeness (QED) is 0.299. The largest absolute Gasteiger partial charge is 0.454 e. The number of ether oxygens (including phenoxy) is 1. The number of thiophene rings is 1. The van der Waals surface area contributed by atoms with E-state index in [-0.39, 0.29) is 23.9 Å². The second kappa shape index (κ2) is 10.8. The molecule has 1 N–H and O–H groups in total. The lowest BCUT2D eigenvalue weighted by Crippen LogP contribution is -2.15. The van der Waals surface area contributed by atoms with Crippen molar-refractivity contribution in [2.75, 3.05) is 11.9 Å². The Morgan fingerprint density at radius 2 is 1.70 bits per heavy atom. The van der Waals surface area contributed by atoms with Gasteiger partial charge in [-0.2, -0.15) is 0 Å². The molecule has 0 spiro atoms. The van der Waals surface area contributed by atoms with Gasteiger partial charge in [-0.05, 0) is 54.0 Å². The van der Waals surface area contributed by atoms with Gasteiger partial charge < -0.3 is 10.1 Å². The van der Waals surface area contributed by atoms with Gasteiger partial charge in [0.25, 0.3) is 5.91 Å². The van der Waals surface area contributed by atoms with Gasteiger partial charge in [-0.15, -0.1) is 11.3 Å². The Morgan fingerprint density at radius 3 is 2.39 bits per heavy atom. The summed E-state index contributed by atoms with van der Waals surface area (Å²) in [7, 11) is 0. The van der Waals surface area contributed by atoms with E-state index in [1.165, 1.54) is 67.2 Å². The summed E-state index contributed by atoms with van der Waals surface area (Å²) >= 11 is 7.47. The van der Waals surface area contributed by atoms with Crippen molar-refractivity contribution >= 4 is 46.3 Å². The molecule has 2 aromatic carbocycles. The van der Waals surface area contributed by atoms with E-state index < -0.39 is 5.97 Å². The molecule has 0 unspecified atom stereocenters. The molecular weight excluding hydrogens is 458 g/mol. The molecule has 1 fully saturated rings. The van der Waals surface area contributed by atoms with Gasteiger partial charge >= 0.3 is 5.97 Å². The van der Waals surface area contributed by atoms with E-state index in [4.69, 9.17) is 16.3 Å². The zero-order valence-electron chi connectivity index (χ0n) is 18.0. The lowest BCUT2D eigenvalue weighted by atomic mass is 9.84. The Hall–Kier alpha value is -2.96. The zero-order chi connectivity index (χ0) is 23.2. The smallest absolute Gasteiger partial charge is 0.338 e. The molecule has 1 saturated carbocycles. The molecule has 7 heteroatoms. The monoisotopic (exact) mass is 481 g/mol. The van der Waals surface area contributed by atoms with Crippen molar-refractivity contribution in [2.45, 2.75) is 38.0 Å². The fourth-order valence-corrected chi connectivity index (χ4v) is 4.80. The first-order chi connectivity index (χ1) is 16.0. The number of carbonyl (C=O) groups is 3. The van der Waals surface area contributed by atoms with Gasteiger partial charge in [0.2, 0.25) is 0 Å². The van der Waals surface area contributed by atoms with Gasteiger partial charge in [-0.1, -0.05) is 61.2 Å². The minimum absolute atomic E-state index is 0.196. The molecule has 1 amide bonds. The third-order valence-electron chi connectivity index (χ3n) is 5.84. The Balaban J connectivity index is 1.35. The van der Waals surface area contributed by atoms with Gasteiger partial charge in [0.05, 0.1) is 21.2 Å². The molecule has 1 heterocycles. The third kappa shape index (κ3) is 5.89. The van der Waals surface area contributed by atoms with Crippen LogP contribution in [0.2, 0.25) is 5.02 Å². The first kappa shape index (κ1) is 23.2. The van der Waals surface area contributed by atoms with Crippen LogP contribution in [0.1, 0.15) is 74.0 Å². The highest BCUT2D eigenvalue weighted by atomic mass is 35.5. The van der Waals surface area contributed by atoms with E-state index in [9.17, 15) is 14.4 Å². The Labute approximate surface area is 201 Å². The van der Waals surface area contributed by atoms with Crippen molar-refractivity contribution in [1.29, 1.82) is 0 Å². The third-order valence-corrected chi connectivity index (χ3v) is 7.04. The maximum absolute atomic E-state index is 12.5. The number of benzene rings is 2. The summed E-state index contributed by atoms with van der Waals surface area (Å²) in [6.45, 7) is -0.360. The Morgan fingerprint density at radius 1 is 0.970 bits per heavy atom. The van der Waals surface area contributed by atoms with Gasteiger partial charge in [0.1, 0.15) is 0 Å². The maximum Gasteiger partial charge on any atom is 0.338 e. The van der Waals surface area contributed by atoms with E-state index in [0.29, 0.717) is 27.1 Å². The number of ketones is 1. The number of Topliss-reactive ketones (excluding diaryl/α,β-unsaturated/α-hetero) is 1. The minimum Gasteiger partial charge on any atom is -0.454 e. The van der Waals surface area contributed by atoms with Crippen molar-refractivity contribution in [2.24, 2.45) is 0 Å². The fourth-order valence-electron chi connectivity index (χ4n) is 4.01. The molecule has 170 valence electrons. The van der Waals surface area contributed by atoms with E-state index in [1.807, 2.05) is 12.1 Å². The molecule has 33 heavy (non-hydrogen) atoms. The van der Waals surface area contributed by atoms with Crippen LogP contribution in [0.4, 0.5) is 5.69 Å². The lowest BCUT2D eigenvalue weighted by Gasteiger charge is -2.22. The Bertz CT molecular complexity index is 1140. The van der Waals surface area contributed by atoms with Gasteiger partial charge in [0, 0.05) is 5.56 Å². The normalized spacial score (nSPS) is 14.0. The van der Waals surface area contributed by atoms with Crippen LogP contribution in [-0.4, -0.2) is 24.3 Å². The Kier molecular flexibility index (Phi) is 7.57. The van der Waals surface area contributed by atoms with Crippen LogP contribution in [0.25, 0.3) is 0 Å². The molecule has 0 bridgehead atoms. The van der Waals surface area contributed by atoms with Crippen LogP contribution in [0.15, 0.2) is 60.0 Å². The van der Waals surface area contributed by atoms with Crippen molar-refractivity contribution < 1.29 is 19.1 Å². The average Bonchev–Trinajstić information content (AvgIpc) is 3.40. The molecule has 0 saturated heterocycles. The van der Waals surface area contributed by atoms with Crippen LogP contribution < -0.4 is 5.32 Å². The predicted octanol–water partition coefficient (Wildman–Crippen LogP) is 6.74. The van der Waals surface area contributed by atoms with Crippen LogP contribution in [-0.2, 0) is 4.74 Å². The zero-order valence-corrected chi connectivity index (χ0v) is 19.6. The molecular formula is C26H24ClNO4S. The fraction of sp³-hybridized carbons (Fsp3) is 0.269. The molecule has 0 aliphatic heterocycles. The van der Waals surface area contributed by atoms with E-state index in [2.05, 4.69) is 5.32 Å². The second-order valence-electron chi connectivity index (χ2n) is 8.08. The number of nitrogens with one attached hydrogen (secondary N) is 1. The lowest BCUT2D eigenvalue weighted by molar-refractivity contribution is 0.0474. The summed E-state index contributed by atoms with van der Waals surface area (Å²) in [5.41, 5.74) is 2.28. The first-order valence-corrected chi connectivity index (χ1v) is 12.2. The van der Waals surface area contributed by atoms with E-state index in [1.54, 1.807) is 29.6 Å². The highest BCUT2D eigenvalue weighted by molar-refractivity contribution is 7.12. The second-order valence-corrected chi connectivity index (χ2v) is 9.44. The molecule has 0 atom stereocenters. The number of amides is 1. The summed E-state index contributed by atoms with van der Waals surface area (Å²) < 4.78 is 5.22. The van der Waals surface area contributed by atoms with Crippen LogP contribution in [0.5, 0.6) is 0 Å². The van der Waals surface area contributed by atoms with E-state index in [0.717, 1.165) is 0 Å². The first-order valence-electron chi connectivity index (χ1n) is 11.0. The molecule has 1 aromatic heterocycles. The number of hydrogen-bond acceptors (Lipinski definition) is 5. The average molecular weight is 482 g/mol. The number of hydrogen-bond donors (Lipinski definition) is 1. The highest BCUT2D eigenvalue weighted by Crippen LogP contribution is 2.32. The van der Waals surface area contributed by atoms with Gasteiger partial charge in [0.15, 0.2) is 12.4 Å². The van der Waals surface area contributed by atoms with Crippen LogP contribution >= 0.6 is 22.9 Å². The van der Waals surface area contributed by atoms with Gasteiger partial charge in [-0.3, -0.25) is 9.59 Å². The van der Waals surface area contributed by atoms with Crippen LogP contribution in [0.3, 0.4) is 0 Å². The number of rotatable bonds is 7. The minimum atomic E-state index is -0.662. The SMILES string of the molecule is O=C(COC(=O)c1ccc(Cl)c(NC(=O)c2cccs2)c1)c1ccc(C2CCCCC2)cc1. The van der Waals surface area contributed by atoms with Crippen molar-refractivity contribution in [3.63, 3.8) is 0 Å². The number of halogens is 1. The van der Waals surface area contributed by atoms with Crippen molar-refractivity contribution in [1.82, 2.24) is 0 Å². The molecule has 4 rings (SSSR count). The predicted molar refractivity (Wildman–Crippen MR) is 131 cm³/mol. The molecule has 5 nitrogen and oxygen atoms in total. The summed E-state index contributed by atoms with van der Waals surface area (Å²) in [5.74, 6) is -0.673. The van der Waals surface area contributed by atoms with Crippen LogP contribution in [0, 0.1) is 0 Å². The summed E-state index contributed by atoms with van der Waals surface area (Å²) in [5, 5.41) is 4.79. The molecule has 0 radical (unpaired) electrons. The molecule has 1 aliphatic rings. The standard InChI is InChI=1S/C26H24ClNO4S/c27-21-13-12-20(15-22(21)28-25(30)24-7-4-14-33-24)26(31)32-16-23(29)19-10-8-18(9-11-19)17-5-2-1-3-6-17/h4,7-15,17H,1-3,5-6,16H2,(H,28,30). The highest BCUT2D eigenvalue weighted by Gasteiger charge is 2.18. The summed E-state index contributed by atoms with van der Waals surface area (Å²) in [6, 6.07) is 15.5. The van der Waals surface area contributed by atoms with Crippen molar-refractivity contribution in [3.8, 4) is 0 Å². The molecule has 3 aromatic rings. The number of esters is 1. The summed E-state index contributed by atoms with van der Waals surface area (Å²) in [4.78, 5) is 37.8. The van der Waals surface area contributed by atoms with Gasteiger partial charge in [-0.25, -0.2) is 4.79 Å². The van der Waals surface area contributed by atoms with E-state index >= 15 is 0 Å². The summed E-state index contributed by atoms with van der Waals surface area (Å²) in [6.07, 6.45) is 6.20. The molecule has 1 aliphatic carbocycles. The number of carbonyl (C=O) groups excluding carboxylic acids is 3. The van der Waals surface area contributed by atoms with Crippen molar-refractivity contribution in [3.05, 3.63) is 86.6 Å². The topological polar surface area (TPSA) is 72.5 Å².